The Labute approximate surface area is 182 Å². The van der Waals surface area contributed by atoms with Crippen molar-refractivity contribution in [3.63, 3.8) is 0 Å². The molecule has 0 bridgehead atoms. The zero-order chi connectivity index (χ0) is 21.8. The van der Waals surface area contributed by atoms with Gasteiger partial charge < -0.3 is 10.0 Å². The fraction of sp³-hybridized carbons (Fsp3) is 0.385. The van der Waals surface area contributed by atoms with E-state index in [1.54, 1.807) is 23.1 Å². The zero-order valence-electron chi connectivity index (χ0n) is 17.3. The maximum absolute atomic E-state index is 13.7. The Morgan fingerprint density at radius 2 is 1.77 bits per heavy atom. The van der Waals surface area contributed by atoms with E-state index in [1.807, 2.05) is 24.3 Å². The number of benzene rings is 2. The molecule has 4 nitrogen and oxygen atoms in total. The highest BCUT2D eigenvalue weighted by molar-refractivity contribution is 5.81. The Hall–Kier alpha value is -3.15. The molecule has 0 aromatic heterocycles. The predicted octanol–water partition coefficient (Wildman–Crippen LogP) is 3.98. The monoisotopic (exact) mass is 416 g/mol. The molecule has 158 valence electrons. The van der Waals surface area contributed by atoms with Crippen molar-refractivity contribution in [2.45, 2.75) is 50.1 Å². The van der Waals surface area contributed by atoms with Crippen LogP contribution >= 0.6 is 0 Å². The summed E-state index contributed by atoms with van der Waals surface area (Å²) in [4.78, 5) is 14.6. The van der Waals surface area contributed by atoms with Crippen molar-refractivity contribution < 1.29 is 14.3 Å². The molecular formula is C26H25FN2O2. The topological polar surface area (TPSA) is 64.3 Å². The number of likely N-dealkylation sites (tertiary alicyclic amines) is 1. The summed E-state index contributed by atoms with van der Waals surface area (Å²) in [6, 6.07) is 15.1. The number of hydrogen-bond acceptors (Lipinski definition) is 3. The molecule has 1 saturated carbocycles. The van der Waals surface area contributed by atoms with E-state index >= 15 is 0 Å². The average Bonchev–Trinajstić information content (AvgIpc) is 2.80. The Bertz CT molecular complexity index is 1040. The molecule has 2 aromatic carbocycles. The molecule has 1 heterocycles. The van der Waals surface area contributed by atoms with Crippen LogP contribution in [0.5, 0.6) is 0 Å². The highest BCUT2D eigenvalue weighted by Gasteiger charge is 2.52. The Morgan fingerprint density at radius 3 is 2.42 bits per heavy atom. The van der Waals surface area contributed by atoms with Crippen molar-refractivity contribution in [3.8, 4) is 17.9 Å². The number of nitrogens with zero attached hydrogens (tertiary/aromatic N) is 2. The molecule has 5 heteroatoms. The molecular weight excluding hydrogens is 391 g/mol. The van der Waals surface area contributed by atoms with Gasteiger partial charge in [0.05, 0.1) is 24.3 Å². The summed E-state index contributed by atoms with van der Waals surface area (Å²) in [5.41, 5.74) is 1.97. The predicted molar refractivity (Wildman–Crippen MR) is 115 cm³/mol. The lowest BCUT2D eigenvalue weighted by atomic mass is 9.74. The third-order valence-electron chi connectivity index (χ3n) is 6.45. The largest absolute Gasteiger partial charge is 0.394 e. The minimum atomic E-state index is -0.568. The van der Waals surface area contributed by atoms with Crippen LogP contribution in [0.4, 0.5) is 4.39 Å². The van der Waals surface area contributed by atoms with Crippen LogP contribution in [-0.2, 0) is 4.79 Å². The van der Waals surface area contributed by atoms with Crippen molar-refractivity contribution >= 4 is 5.91 Å². The third-order valence-corrected chi connectivity index (χ3v) is 6.45. The normalized spacial score (nSPS) is 23.3. The minimum absolute atomic E-state index is 0.00826. The summed E-state index contributed by atoms with van der Waals surface area (Å²) in [6.45, 7) is -0.170. The van der Waals surface area contributed by atoms with Crippen molar-refractivity contribution in [2.24, 2.45) is 5.92 Å². The Kier molecular flexibility index (Phi) is 6.35. The molecule has 0 unspecified atom stereocenters. The number of aliphatic hydroxyl groups is 1. The molecule has 2 fully saturated rings. The van der Waals surface area contributed by atoms with E-state index in [-0.39, 0.29) is 36.2 Å². The Balaban J connectivity index is 1.51. The maximum atomic E-state index is 13.7. The molecule has 1 aliphatic carbocycles. The van der Waals surface area contributed by atoms with Gasteiger partial charge in [0.25, 0.3) is 0 Å². The van der Waals surface area contributed by atoms with Gasteiger partial charge in [0.2, 0.25) is 5.91 Å². The van der Waals surface area contributed by atoms with Crippen LogP contribution in [0.3, 0.4) is 0 Å². The number of amides is 1. The summed E-state index contributed by atoms with van der Waals surface area (Å²) < 4.78 is 13.7. The second-order valence-electron chi connectivity index (χ2n) is 8.28. The minimum Gasteiger partial charge on any atom is -0.394 e. The average molecular weight is 416 g/mol. The van der Waals surface area contributed by atoms with E-state index in [0.717, 1.165) is 43.2 Å². The number of halogens is 1. The lowest BCUT2D eigenvalue weighted by molar-refractivity contribution is -0.152. The molecule has 1 N–H and O–H groups in total. The van der Waals surface area contributed by atoms with E-state index in [4.69, 9.17) is 0 Å². The molecule has 1 aliphatic heterocycles. The van der Waals surface area contributed by atoms with Crippen LogP contribution in [0.25, 0.3) is 0 Å². The van der Waals surface area contributed by atoms with Crippen LogP contribution in [0.2, 0.25) is 0 Å². The summed E-state index contributed by atoms with van der Waals surface area (Å²) in [5.74, 6) is 5.18. The van der Waals surface area contributed by atoms with Crippen molar-refractivity contribution in [1.82, 2.24) is 4.90 Å². The van der Waals surface area contributed by atoms with Gasteiger partial charge in [-0.05, 0) is 42.7 Å². The molecule has 4 rings (SSSR count). The molecule has 2 aliphatic rings. The van der Waals surface area contributed by atoms with Crippen LogP contribution < -0.4 is 0 Å². The van der Waals surface area contributed by atoms with Gasteiger partial charge in [-0.2, -0.15) is 5.26 Å². The van der Waals surface area contributed by atoms with Gasteiger partial charge in [0.1, 0.15) is 11.9 Å². The first-order chi connectivity index (χ1) is 15.1. The molecule has 0 radical (unpaired) electrons. The van der Waals surface area contributed by atoms with Gasteiger partial charge in [-0.25, -0.2) is 4.39 Å². The van der Waals surface area contributed by atoms with E-state index in [2.05, 4.69) is 17.9 Å². The van der Waals surface area contributed by atoms with Gasteiger partial charge in [-0.1, -0.05) is 55.4 Å². The number of hydrogen-bond donors (Lipinski definition) is 1. The standard InChI is InChI=1S/C26H25FN2O2/c27-22-9-5-4-6-19(22)13-10-18-11-14-20(15-12-18)25-23(16-28)29(24(25)17-30)26(31)21-7-2-1-3-8-21/h4-6,9,11-12,14-15,21,23-25,30H,1-3,7-8,17H2/t23-,24+,25+/m1/s1. The molecule has 31 heavy (non-hydrogen) atoms. The van der Waals surface area contributed by atoms with E-state index in [9.17, 15) is 19.6 Å². The summed E-state index contributed by atoms with van der Waals surface area (Å²) in [7, 11) is 0. The van der Waals surface area contributed by atoms with Crippen LogP contribution in [0, 0.1) is 34.9 Å². The maximum Gasteiger partial charge on any atom is 0.227 e. The van der Waals surface area contributed by atoms with Crippen molar-refractivity contribution in [1.29, 1.82) is 5.26 Å². The van der Waals surface area contributed by atoms with Crippen molar-refractivity contribution in [3.05, 3.63) is 71.0 Å². The first kappa shape index (κ1) is 21.1. The quantitative estimate of drug-likeness (QED) is 0.770. The lowest BCUT2D eigenvalue weighted by Gasteiger charge is -2.52. The van der Waals surface area contributed by atoms with Gasteiger partial charge in [0, 0.05) is 17.4 Å². The van der Waals surface area contributed by atoms with E-state index in [0.29, 0.717) is 5.56 Å². The second-order valence-corrected chi connectivity index (χ2v) is 8.28. The first-order valence-corrected chi connectivity index (χ1v) is 10.8. The first-order valence-electron chi connectivity index (χ1n) is 10.8. The molecule has 1 amide bonds. The second kappa shape index (κ2) is 9.33. The fourth-order valence-electron chi connectivity index (χ4n) is 4.76. The summed E-state index contributed by atoms with van der Waals surface area (Å²) in [5, 5.41) is 19.7. The summed E-state index contributed by atoms with van der Waals surface area (Å²) in [6.07, 6.45) is 4.98. The number of rotatable bonds is 3. The molecule has 1 saturated heterocycles. The third kappa shape index (κ3) is 4.20. The van der Waals surface area contributed by atoms with Crippen LogP contribution in [0.15, 0.2) is 48.5 Å². The lowest BCUT2D eigenvalue weighted by Crippen LogP contribution is -2.66. The highest BCUT2D eigenvalue weighted by Crippen LogP contribution is 2.42. The van der Waals surface area contributed by atoms with Gasteiger partial charge in [0.15, 0.2) is 0 Å². The van der Waals surface area contributed by atoms with Crippen LogP contribution in [-0.4, -0.2) is 34.6 Å². The van der Waals surface area contributed by atoms with Gasteiger partial charge in [-0.3, -0.25) is 4.79 Å². The molecule has 3 atom stereocenters. The smallest absolute Gasteiger partial charge is 0.227 e. The Morgan fingerprint density at radius 1 is 1.06 bits per heavy atom. The zero-order valence-corrected chi connectivity index (χ0v) is 17.3. The van der Waals surface area contributed by atoms with E-state index < -0.39 is 6.04 Å². The summed E-state index contributed by atoms with van der Waals surface area (Å²) >= 11 is 0. The van der Waals surface area contributed by atoms with Crippen molar-refractivity contribution in [2.75, 3.05) is 6.61 Å². The highest BCUT2D eigenvalue weighted by atomic mass is 19.1. The van der Waals surface area contributed by atoms with E-state index in [1.165, 1.54) is 6.07 Å². The van der Waals surface area contributed by atoms with Gasteiger partial charge in [-0.15, -0.1) is 0 Å². The van der Waals surface area contributed by atoms with Crippen LogP contribution in [0.1, 0.15) is 54.7 Å². The number of aliphatic hydroxyl groups excluding tert-OH is 1. The number of carbonyl (C=O) groups is 1. The fourth-order valence-corrected chi connectivity index (χ4v) is 4.76. The molecule has 2 aromatic rings. The number of nitriles is 1. The van der Waals surface area contributed by atoms with Gasteiger partial charge >= 0.3 is 0 Å². The molecule has 0 spiro atoms. The SMILES string of the molecule is N#C[C@@H]1[C@H](c2ccc(C#Cc3ccccc3F)cc2)[C@H](CO)N1C(=O)C1CCCCC1. The number of carbonyl (C=O) groups excluding carboxylic acids is 1.